The molecule has 4 rings (SSSR count). The molecular formula is C25H29FN4O5S. The zero-order valence-corrected chi connectivity index (χ0v) is 21.6. The Labute approximate surface area is 212 Å². The van der Waals surface area contributed by atoms with Gasteiger partial charge in [-0.25, -0.2) is 23.9 Å². The quantitative estimate of drug-likeness (QED) is 0.414. The van der Waals surface area contributed by atoms with E-state index in [9.17, 15) is 14.0 Å². The molecule has 0 unspecified atom stereocenters. The minimum atomic E-state index is -0.578. The molecule has 11 heteroatoms. The van der Waals surface area contributed by atoms with E-state index >= 15 is 0 Å². The number of carbonyl (C=O) groups excluding carboxylic acids is 2. The zero-order valence-electron chi connectivity index (χ0n) is 20.8. The fourth-order valence-corrected chi connectivity index (χ4v) is 5.18. The lowest BCUT2D eigenvalue weighted by Crippen LogP contribution is -2.38. The molecule has 2 heterocycles. The Morgan fingerprint density at radius 3 is 2.69 bits per heavy atom. The minimum Gasteiger partial charge on any atom is -0.488 e. The Hall–Kier alpha value is -3.47. The lowest BCUT2D eigenvalue weighted by Gasteiger charge is -2.22. The fourth-order valence-electron chi connectivity index (χ4n) is 4.11. The maximum atomic E-state index is 14.2. The molecule has 2 aromatic heterocycles. The maximum Gasteiger partial charge on any atom is 0.407 e. The van der Waals surface area contributed by atoms with Gasteiger partial charge in [0.05, 0.1) is 18.2 Å². The summed E-state index contributed by atoms with van der Waals surface area (Å²) in [5.41, 5.74) is 0.637. The standard InChI is InChI=1S/C25H29FN4O5S/c1-13-19-21(27-12-28-22(19)36-20(13)23(31)33-5)30-17-9-6-14(26)10-18(17)34-16-8-7-15(11-16)29-24(32)35-25(2,3)4/h6,9-10,12,15-16H,7-8,11H2,1-5H3,(H,29,32)(H,27,28,30)/t15-,16-/m0/s1. The molecule has 0 aliphatic heterocycles. The number of anilines is 2. The summed E-state index contributed by atoms with van der Waals surface area (Å²) in [4.78, 5) is 34.0. The van der Waals surface area contributed by atoms with Gasteiger partial charge in [0.15, 0.2) is 0 Å². The highest BCUT2D eigenvalue weighted by atomic mass is 32.1. The predicted molar refractivity (Wildman–Crippen MR) is 135 cm³/mol. The summed E-state index contributed by atoms with van der Waals surface area (Å²) >= 11 is 1.22. The van der Waals surface area contributed by atoms with E-state index < -0.39 is 23.5 Å². The van der Waals surface area contributed by atoms with Crippen LogP contribution in [0.4, 0.5) is 20.7 Å². The summed E-state index contributed by atoms with van der Waals surface area (Å²) in [6.45, 7) is 7.23. The van der Waals surface area contributed by atoms with Crippen molar-refractivity contribution in [3.63, 3.8) is 0 Å². The Balaban J connectivity index is 1.52. The van der Waals surface area contributed by atoms with Gasteiger partial charge in [-0.2, -0.15) is 0 Å². The Kier molecular flexibility index (Phi) is 7.30. The number of nitrogens with zero attached hydrogens (tertiary/aromatic N) is 2. The molecule has 3 aromatic rings. The van der Waals surface area contributed by atoms with Crippen LogP contribution in [-0.4, -0.2) is 46.9 Å². The SMILES string of the molecule is COC(=O)c1sc2ncnc(Nc3ccc(F)cc3O[C@H]3CC[C@H](NC(=O)OC(C)(C)C)C3)c2c1C. The average molecular weight is 517 g/mol. The minimum absolute atomic E-state index is 0.0958. The average Bonchev–Trinajstić information content (AvgIpc) is 3.38. The van der Waals surface area contributed by atoms with Gasteiger partial charge in [0.25, 0.3) is 0 Å². The number of hydrogen-bond acceptors (Lipinski definition) is 9. The van der Waals surface area contributed by atoms with E-state index in [1.165, 1.54) is 36.9 Å². The van der Waals surface area contributed by atoms with Gasteiger partial charge in [0, 0.05) is 18.5 Å². The van der Waals surface area contributed by atoms with Gasteiger partial charge in [-0.05, 0) is 58.2 Å². The van der Waals surface area contributed by atoms with Crippen molar-refractivity contribution in [3.05, 3.63) is 40.8 Å². The summed E-state index contributed by atoms with van der Waals surface area (Å²) in [7, 11) is 1.33. The summed E-state index contributed by atoms with van der Waals surface area (Å²) in [5.74, 6) is -0.0884. The van der Waals surface area contributed by atoms with Gasteiger partial charge in [0.1, 0.15) is 45.1 Å². The van der Waals surface area contributed by atoms with Crippen molar-refractivity contribution in [1.29, 1.82) is 0 Å². The molecule has 1 aromatic carbocycles. The monoisotopic (exact) mass is 516 g/mol. The predicted octanol–water partition coefficient (Wildman–Crippen LogP) is 5.49. The number of esters is 1. The number of benzene rings is 1. The number of nitrogens with one attached hydrogen (secondary N) is 2. The van der Waals surface area contributed by atoms with Crippen molar-refractivity contribution in [1.82, 2.24) is 15.3 Å². The molecule has 0 radical (unpaired) electrons. The summed E-state index contributed by atoms with van der Waals surface area (Å²) in [6.07, 6.45) is 2.70. The zero-order chi connectivity index (χ0) is 26.0. The van der Waals surface area contributed by atoms with Crippen LogP contribution in [0.1, 0.15) is 55.3 Å². The maximum absolute atomic E-state index is 14.2. The smallest absolute Gasteiger partial charge is 0.407 e. The molecule has 0 saturated heterocycles. The second-order valence-corrected chi connectivity index (χ2v) is 10.6. The largest absolute Gasteiger partial charge is 0.488 e. The molecule has 0 bridgehead atoms. The van der Waals surface area contributed by atoms with Crippen LogP contribution in [0.5, 0.6) is 5.75 Å². The van der Waals surface area contributed by atoms with E-state index in [2.05, 4.69) is 20.6 Å². The van der Waals surface area contributed by atoms with E-state index in [1.54, 1.807) is 13.0 Å². The van der Waals surface area contributed by atoms with Crippen LogP contribution >= 0.6 is 11.3 Å². The summed E-state index contributed by atoms with van der Waals surface area (Å²) < 4.78 is 30.5. The van der Waals surface area contributed by atoms with E-state index in [-0.39, 0.29) is 12.1 Å². The summed E-state index contributed by atoms with van der Waals surface area (Å²) in [6, 6.07) is 4.12. The molecule has 1 saturated carbocycles. The summed E-state index contributed by atoms with van der Waals surface area (Å²) in [5, 5.41) is 6.78. The van der Waals surface area contributed by atoms with Gasteiger partial charge in [-0.1, -0.05) is 0 Å². The van der Waals surface area contributed by atoms with Crippen molar-refractivity contribution in [2.75, 3.05) is 12.4 Å². The van der Waals surface area contributed by atoms with Crippen LogP contribution in [0.25, 0.3) is 10.2 Å². The van der Waals surface area contributed by atoms with Crippen LogP contribution in [0.15, 0.2) is 24.5 Å². The molecule has 0 spiro atoms. The first-order valence-corrected chi connectivity index (χ1v) is 12.4. The molecular weight excluding hydrogens is 487 g/mol. The number of alkyl carbamates (subject to hydrolysis) is 1. The van der Waals surface area contributed by atoms with Crippen LogP contribution in [0, 0.1) is 12.7 Å². The number of rotatable bonds is 6. The number of hydrogen-bond donors (Lipinski definition) is 2. The van der Waals surface area contributed by atoms with Gasteiger partial charge < -0.3 is 24.8 Å². The number of ether oxygens (including phenoxy) is 3. The number of thiophene rings is 1. The van der Waals surface area contributed by atoms with Crippen LogP contribution in [0.3, 0.4) is 0 Å². The molecule has 1 aliphatic rings. The van der Waals surface area contributed by atoms with Crippen molar-refractivity contribution in [2.45, 2.75) is 64.7 Å². The van der Waals surface area contributed by atoms with Gasteiger partial charge in [-0.15, -0.1) is 11.3 Å². The number of aryl methyl sites for hydroxylation is 1. The van der Waals surface area contributed by atoms with Crippen LogP contribution in [-0.2, 0) is 9.47 Å². The van der Waals surface area contributed by atoms with Crippen molar-refractivity contribution in [2.24, 2.45) is 0 Å². The highest BCUT2D eigenvalue weighted by Gasteiger charge is 2.30. The second kappa shape index (κ2) is 10.3. The molecule has 1 amide bonds. The second-order valence-electron chi connectivity index (χ2n) is 9.61. The third-order valence-electron chi connectivity index (χ3n) is 5.69. The third kappa shape index (κ3) is 5.84. The lowest BCUT2D eigenvalue weighted by molar-refractivity contribution is 0.0502. The number of amides is 1. The van der Waals surface area contributed by atoms with E-state index in [0.717, 1.165) is 6.42 Å². The number of fused-ring (bicyclic) bond motifs is 1. The Bertz CT molecular complexity index is 1290. The lowest BCUT2D eigenvalue weighted by atomic mass is 10.2. The first-order valence-electron chi connectivity index (χ1n) is 11.6. The molecule has 1 fully saturated rings. The topological polar surface area (TPSA) is 112 Å². The van der Waals surface area contributed by atoms with Crippen molar-refractivity contribution >= 4 is 45.1 Å². The number of aromatic nitrogens is 2. The number of methoxy groups -OCH3 is 1. The Morgan fingerprint density at radius 1 is 1.19 bits per heavy atom. The number of halogens is 1. The van der Waals surface area contributed by atoms with E-state index in [4.69, 9.17) is 14.2 Å². The van der Waals surface area contributed by atoms with E-state index in [1.807, 2.05) is 20.8 Å². The highest BCUT2D eigenvalue weighted by molar-refractivity contribution is 7.20. The molecule has 9 nitrogen and oxygen atoms in total. The van der Waals surface area contributed by atoms with E-state index in [0.29, 0.717) is 50.8 Å². The first-order chi connectivity index (χ1) is 17.0. The number of carbonyl (C=O) groups is 2. The molecule has 192 valence electrons. The Morgan fingerprint density at radius 2 is 1.97 bits per heavy atom. The van der Waals surface area contributed by atoms with Crippen LogP contribution in [0.2, 0.25) is 0 Å². The molecule has 2 N–H and O–H groups in total. The molecule has 36 heavy (non-hydrogen) atoms. The van der Waals surface area contributed by atoms with Crippen molar-refractivity contribution in [3.8, 4) is 5.75 Å². The fraction of sp³-hybridized carbons (Fsp3) is 0.440. The van der Waals surface area contributed by atoms with Gasteiger partial charge in [-0.3, -0.25) is 0 Å². The first kappa shape index (κ1) is 25.6. The van der Waals surface area contributed by atoms with Gasteiger partial charge >= 0.3 is 12.1 Å². The molecule has 2 atom stereocenters. The normalized spacial score (nSPS) is 17.6. The third-order valence-corrected chi connectivity index (χ3v) is 6.87. The highest BCUT2D eigenvalue weighted by Crippen LogP contribution is 2.37. The van der Waals surface area contributed by atoms with Gasteiger partial charge in [0.2, 0.25) is 0 Å². The molecule has 1 aliphatic carbocycles. The van der Waals surface area contributed by atoms with Crippen LogP contribution < -0.4 is 15.4 Å². The van der Waals surface area contributed by atoms with Crippen molar-refractivity contribution < 1.29 is 28.2 Å².